The van der Waals surface area contributed by atoms with Gasteiger partial charge in [-0.15, -0.1) is 11.3 Å². The molecular weight excluding hydrogens is 264 g/mol. The van der Waals surface area contributed by atoms with Gasteiger partial charge in [-0.05, 0) is 35.1 Å². The van der Waals surface area contributed by atoms with Crippen LogP contribution in [0.5, 0.6) is 0 Å². The van der Waals surface area contributed by atoms with Crippen LogP contribution in [0, 0.1) is 0 Å². The van der Waals surface area contributed by atoms with Gasteiger partial charge in [-0.25, -0.2) is 0 Å². The third kappa shape index (κ3) is 3.60. The first kappa shape index (κ1) is 15.0. The van der Waals surface area contributed by atoms with Crippen LogP contribution < -0.4 is 5.32 Å². The Kier molecular flexibility index (Phi) is 4.48. The molecule has 20 heavy (non-hydrogen) atoms. The summed E-state index contributed by atoms with van der Waals surface area (Å²) in [5.74, 6) is 0.574. The summed E-state index contributed by atoms with van der Waals surface area (Å²) in [5, 5.41) is 3.49. The summed E-state index contributed by atoms with van der Waals surface area (Å²) in [4.78, 5) is 7.01. The third-order valence-corrected chi connectivity index (χ3v) is 5.17. The quantitative estimate of drug-likeness (QED) is 0.839. The second-order valence-electron chi connectivity index (χ2n) is 6.49. The Morgan fingerprint density at radius 2 is 1.85 bits per heavy atom. The molecule has 0 atom stereocenters. The highest BCUT2D eigenvalue weighted by atomic mass is 32.1. The summed E-state index contributed by atoms with van der Waals surface area (Å²) in [5.41, 5.74) is 2.77. The summed E-state index contributed by atoms with van der Waals surface area (Å²) in [7, 11) is 0. The van der Waals surface area contributed by atoms with Gasteiger partial charge >= 0.3 is 0 Å². The zero-order valence-electron chi connectivity index (χ0n) is 13.0. The van der Waals surface area contributed by atoms with Gasteiger partial charge in [-0.2, -0.15) is 0 Å². The Balaban J connectivity index is 2.20. The maximum atomic E-state index is 4.04. The first-order valence-electron chi connectivity index (χ1n) is 7.15. The largest absolute Gasteiger partial charge is 0.381 e. The average Bonchev–Trinajstić information content (AvgIpc) is 2.82. The Labute approximate surface area is 126 Å². The third-order valence-electron chi connectivity index (χ3n) is 3.27. The molecule has 2 heterocycles. The van der Waals surface area contributed by atoms with Crippen LogP contribution >= 0.6 is 11.3 Å². The van der Waals surface area contributed by atoms with E-state index in [0.717, 1.165) is 12.2 Å². The van der Waals surface area contributed by atoms with Crippen molar-refractivity contribution in [3.05, 3.63) is 45.9 Å². The standard InChI is InChI=1S/C17H24N2S/c1-12(2)16-13(10-15(20-16)17(3,4)5)11-19-14-6-8-18-9-7-14/h6-10,12H,11H2,1-5H3,(H,18,19). The highest BCUT2D eigenvalue weighted by molar-refractivity contribution is 7.12. The van der Waals surface area contributed by atoms with Gasteiger partial charge in [0.25, 0.3) is 0 Å². The number of hydrogen-bond acceptors (Lipinski definition) is 3. The van der Waals surface area contributed by atoms with E-state index in [4.69, 9.17) is 0 Å². The fraction of sp³-hybridized carbons (Fsp3) is 0.471. The zero-order valence-corrected chi connectivity index (χ0v) is 13.8. The number of thiophene rings is 1. The molecule has 0 aliphatic rings. The fourth-order valence-corrected chi connectivity index (χ4v) is 3.35. The molecule has 3 heteroatoms. The number of nitrogens with zero attached hydrogens (tertiary/aromatic N) is 1. The maximum Gasteiger partial charge on any atom is 0.0412 e. The van der Waals surface area contributed by atoms with Gasteiger partial charge in [0.1, 0.15) is 0 Å². The molecule has 0 aromatic carbocycles. The van der Waals surface area contributed by atoms with Crippen molar-refractivity contribution in [1.29, 1.82) is 0 Å². The van der Waals surface area contributed by atoms with Gasteiger partial charge in [0.2, 0.25) is 0 Å². The molecule has 0 saturated carbocycles. The predicted octanol–water partition coefficient (Wildman–Crippen LogP) is 5.18. The molecule has 108 valence electrons. The van der Waals surface area contributed by atoms with E-state index in [2.05, 4.69) is 51.0 Å². The molecule has 0 spiro atoms. The van der Waals surface area contributed by atoms with Crippen LogP contribution in [0.4, 0.5) is 5.69 Å². The van der Waals surface area contributed by atoms with Crippen molar-refractivity contribution in [3.63, 3.8) is 0 Å². The molecule has 0 radical (unpaired) electrons. The van der Waals surface area contributed by atoms with Crippen molar-refractivity contribution in [2.45, 2.75) is 52.5 Å². The van der Waals surface area contributed by atoms with E-state index < -0.39 is 0 Å². The molecule has 0 fully saturated rings. The zero-order chi connectivity index (χ0) is 14.8. The molecular formula is C17H24N2S. The molecule has 0 bridgehead atoms. The normalized spacial score (nSPS) is 11.9. The van der Waals surface area contributed by atoms with E-state index in [0.29, 0.717) is 5.92 Å². The Morgan fingerprint density at radius 3 is 2.40 bits per heavy atom. The average molecular weight is 288 g/mol. The van der Waals surface area contributed by atoms with E-state index in [1.807, 2.05) is 35.9 Å². The number of hydrogen-bond donors (Lipinski definition) is 1. The van der Waals surface area contributed by atoms with Gasteiger partial charge in [0, 0.05) is 34.4 Å². The number of nitrogens with one attached hydrogen (secondary N) is 1. The van der Waals surface area contributed by atoms with Gasteiger partial charge in [-0.1, -0.05) is 34.6 Å². The van der Waals surface area contributed by atoms with Crippen molar-refractivity contribution in [2.24, 2.45) is 0 Å². The maximum absolute atomic E-state index is 4.04. The van der Waals surface area contributed by atoms with Crippen LogP contribution in [0.2, 0.25) is 0 Å². The second kappa shape index (κ2) is 5.96. The summed E-state index contributed by atoms with van der Waals surface area (Å²) in [6.07, 6.45) is 3.64. The van der Waals surface area contributed by atoms with Crippen LogP contribution in [0.1, 0.15) is 55.9 Å². The molecule has 0 aliphatic heterocycles. The highest BCUT2D eigenvalue weighted by Gasteiger charge is 2.20. The SMILES string of the molecule is CC(C)c1sc(C(C)(C)C)cc1CNc1ccncc1. The Morgan fingerprint density at radius 1 is 1.20 bits per heavy atom. The van der Waals surface area contributed by atoms with Crippen molar-refractivity contribution < 1.29 is 0 Å². The fourth-order valence-electron chi connectivity index (χ4n) is 2.11. The highest BCUT2D eigenvalue weighted by Crippen LogP contribution is 2.36. The predicted molar refractivity (Wildman–Crippen MR) is 88.7 cm³/mol. The van der Waals surface area contributed by atoms with Crippen LogP contribution in [-0.4, -0.2) is 4.98 Å². The Bertz CT molecular complexity index is 550. The molecule has 0 saturated heterocycles. The second-order valence-corrected chi connectivity index (χ2v) is 7.58. The number of rotatable bonds is 4. The van der Waals surface area contributed by atoms with Crippen molar-refractivity contribution in [2.75, 3.05) is 5.32 Å². The molecule has 2 rings (SSSR count). The van der Waals surface area contributed by atoms with Crippen molar-refractivity contribution in [1.82, 2.24) is 4.98 Å². The van der Waals surface area contributed by atoms with Gasteiger partial charge in [-0.3, -0.25) is 4.98 Å². The molecule has 0 aliphatic carbocycles. The van der Waals surface area contributed by atoms with E-state index in [9.17, 15) is 0 Å². The lowest BCUT2D eigenvalue weighted by molar-refractivity contribution is 0.603. The molecule has 1 N–H and O–H groups in total. The van der Waals surface area contributed by atoms with E-state index >= 15 is 0 Å². The number of anilines is 1. The molecule has 2 nitrogen and oxygen atoms in total. The number of pyridine rings is 1. The van der Waals surface area contributed by atoms with Crippen molar-refractivity contribution in [3.8, 4) is 0 Å². The monoisotopic (exact) mass is 288 g/mol. The van der Waals surface area contributed by atoms with E-state index in [1.165, 1.54) is 15.3 Å². The van der Waals surface area contributed by atoms with Crippen LogP contribution in [0.25, 0.3) is 0 Å². The molecule has 0 unspecified atom stereocenters. The Hall–Kier alpha value is -1.35. The lowest BCUT2D eigenvalue weighted by atomic mass is 9.93. The van der Waals surface area contributed by atoms with Crippen molar-refractivity contribution >= 4 is 17.0 Å². The minimum absolute atomic E-state index is 0.225. The summed E-state index contributed by atoms with van der Waals surface area (Å²) >= 11 is 1.96. The first-order valence-corrected chi connectivity index (χ1v) is 7.96. The summed E-state index contributed by atoms with van der Waals surface area (Å²) < 4.78 is 0. The lowest BCUT2D eigenvalue weighted by Gasteiger charge is -2.15. The van der Waals surface area contributed by atoms with Crippen LogP contribution in [-0.2, 0) is 12.0 Å². The van der Waals surface area contributed by atoms with E-state index in [-0.39, 0.29) is 5.41 Å². The molecule has 2 aromatic heterocycles. The van der Waals surface area contributed by atoms with E-state index in [1.54, 1.807) is 0 Å². The smallest absolute Gasteiger partial charge is 0.0412 e. The molecule has 2 aromatic rings. The van der Waals surface area contributed by atoms with Gasteiger partial charge in [0.15, 0.2) is 0 Å². The number of aromatic nitrogens is 1. The minimum atomic E-state index is 0.225. The lowest BCUT2D eigenvalue weighted by Crippen LogP contribution is -2.08. The van der Waals surface area contributed by atoms with Crippen LogP contribution in [0.15, 0.2) is 30.6 Å². The van der Waals surface area contributed by atoms with Gasteiger partial charge < -0.3 is 5.32 Å². The first-order chi connectivity index (χ1) is 9.38. The summed E-state index contributed by atoms with van der Waals surface area (Å²) in [6, 6.07) is 6.38. The minimum Gasteiger partial charge on any atom is -0.381 e. The summed E-state index contributed by atoms with van der Waals surface area (Å²) in [6.45, 7) is 12.3. The van der Waals surface area contributed by atoms with Crippen LogP contribution in [0.3, 0.4) is 0 Å². The topological polar surface area (TPSA) is 24.9 Å². The van der Waals surface area contributed by atoms with Gasteiger partial charge in [0.05, 0.1) is 0 Å². The molecule has 0 amide bonds.